The zero-order valence-corrected chi connectivity index (χ0v) is 22.5. The SMILES string of the molecule is CN(C)c1cc(-c2ncco2)c(O)c2c1C[C@H]1C[C@H]3[C@H](N(C)C)C(O)=C(C(N)=O)C(=O)[C@@]3(P)C(O)=C1C2=O. The summed E-state index contributed by atoms with van der Waals surface area (Å²) >= 11 is 0. The molecule has 5 N–H and O–H groups in total. The molecule has 0 bridgehead atoms. The number of phenolic OH excluding ortho intramolecular Hbond substituents is 1. The number of Topliss-reactive ketones (excluding diaryl/α,β-unsaturated/α-hetero) is 2. The number of nitrogens with two attached hydrogens (primary N) is 1. The average molecular weight is 541 g/mol. The molecular weight excluding hydrogens is 511 g/mol. The van der Waals surface area contributed by atoms with Gasteiger partial charge in [0.25, 0.3) is 5.91 Å². The number of fused-ring (bicyclic) bond motifs is 3. The van der Waals surface area contributed by atoms with Gasteiger partial charge in [0.1, 0.15) is 34.3 Å². The molecule has 0 saturated carbocycles. The Morgan fingerprint density at radius 2 is 1.89 bits per heavy atom. The second-order valence-electron chi connectivity index (χ2n) is 10.4. The normalized spacial score (nSPS) is 26.8. The van der Waals surface area contributed by atoms with E-state index in [1.165, 1.54) is 12.5 Å². The maximum atomic E-state index is 14.1. The Hall–Kier alpha value is -3.69. The highest BCUT2D eigenvalue weighted by Crippen LogP contribution is 2.57. The van der Waals surface area contributed by atoms with Gasteiger partial charge in [-0.05, 0) is 44.5 Å². The molecular formula is C26H29N4O7P. The van der Waals surface area contributed by atoms with Gasteiger partial charge in [-0.3, -0.25) is 19.3 Å². The number of aromatic hydroxyl groups is 1. The number of likely N-dealkylation sites (N-methyl/N-ethyl adjacent to an activating group) is 1. The van der Waals surface area contributed by atoms with Crippen LogP contribution in [0.2, 0.25) is 0 Å². The van der Waals surface area contributed by atoms with E-state index in [1.807, 2.05) is 19.0 Å². The molecule has 0 fully saturated rings. The second kappa shape index (κ2) is 8.68. The largest absolute Gasteiger partial charge is 0.510 e. The molecule has 1 heterocycles. The van der Waals surface area contributed by atoms with E-state index in [-0.39, 0.29) is 41.2 Å². The molecule has 3 aliphatic rings. The van der Waals surface area contributed by atoms with Crippen molar-refractivity contribution in [3.8, 4) is 17.2 Å². The van der Waals surface area contributed by atoms with E-state index >= 15 is 0 Å². The molecule has 200 valence electrons. The average Bonchev–Trinajstić information content (AvgIpc) is 3.35. The number of phenols is 1. The third-order valence-corrected chi connectivity index (χ3v) is 8.92. The lowest BCUT2D eigenvalue weighted by Crippen LogP contribution is -2.60. The number of aliphatic hydroxyl groups excluding tert-OH is 2. The number of nitrogens with zero attached hydrogens (tertiary/aromatic N) is 3. The Balaban J connectivity index is 1.76. The van der Waals surface area contributed by atoms with Gasteiger partial charge in [0, 0.05) is 31.3 Å². The van der Waals surface area contributed by atoms with E-state index in [1.54, 1.807) is 25.1 Å². The van der Waals surface area contributed by atoms with E-state index in [0.29, 0.717) is 11.3 Å². The highest BCUT2D eigenvalue weighted by atomic mass is 31.0. The van der Waals surface area contributed by atoms with Crippen molar-refractivity contribution in [3.05, 3.63) is 52.3 Å². The number of hydrogen-bond donors (Lipinski definition) is 4. The zero-order chi connectivity index (χ0) is 27.8. The Morgan fingerprint density at radius 3 is 2.45 bits per heavy atom. The summed E-state index contributed by atoms with van der Waals surface area (Å²) in [6.45, 7) is 0. The molecule has 12 heteroatoms. The van der Waals surface area contributed by atoms with Crippen molar-refractivity contribution in [2.75, 3.05) is 33.1 Å². The van der Waals surface area contributed by atoms with Crippen molar-refractivity contribution in [1.29, 1.82) is 0 Å². The first-order chi connectivity index (χ1) is 17.8. The molecule has 11 nitrogen and oxygen atoms in total. The van der Waals surface area contributed by atoms with Crippen LogP contribution in [0.3, 0.4) is 0 Å². The predicted molar refractivity (Wildman–Crippen MR) is 141 cm³/mol. The fraction of sp³-hybridized carbons (Fsp3) is 0.385. The number of aliphatic hydroxyl groups is 2. The Labute approximate surface area is 220 Å². The zero-order valence-electron chi connectivity index (χ0n) is 21.3. The van der Waals surface area contributed by atoms with Crippen LogP contribution in [0.5, 0.6) is 5.75 Å². The predicted octanol–water partition coefficient (Wildman–Crippen LogP) is 1.72. The first-order valence-corrected chi connectivity index (χ1v) is 12.6. The summed E-state index contributed by atoms with van der Waals surface area (Å²) in [5.74, 6) is -5.00. The number of carbonyl (C=O) groups excluding carboxylic acids is 3. The van der Waals surface area contributed by atoms with Crippen molar-refractivity contribution < 1.29 is 34.1 Å². The highest BCUT2D eigenvalue weighted by Gasteiger charge is 2.61. The van der Waals surface area contributed by atoms with Gasteiger partial charge >= 0.3 is 0 Å². The Kier molecular flexibility index (Phi) is 5.92. The number of hydrogen-bond acceptors (Lipinski definition) is 10. The smallest absolute Gasteiger partial charge is 0.255 e. The van der Waals surface area contributed by atoms with Crippen LogP contribution >= 0.6 is 9.24 Å². The molecule has 1 amide bonds. The van der Waals surface area contributed by atoms with E-state index in [0.717, 1.165) is 0 Å². The summed E-state index contributed by atoms with van der Waals surface area (Å²) in [5, 5.41) is 32.1. The summed E-state index contributed by atoms with van der Waals surface area (Å²) in [4.78, 5) is 47.5. The molecule has 0 saturated heterocycles. The van der Waals surface area contributed by atoms with Gasteiger partial charge in [0.15, 0.2) is 11.6 Å². The number of benzene rings is 1. The minimum absolute atomic E-state index is 0.00446. The number of carbonyl (C=O) groups is 3. The van der Waals surface area contributed by atoms with E-state index in [4.69, 9.17) is 10.2 Å². The van der Waals surface area contributed by atoms with Crippen molar-refractivity contribution in [2.24, 2.45) is 17.6 Å². The summed E-state index contributed by atoms with van der Waals surface area (Å²) in [7, 11) is 9.32. The molecule has 5 atom stereocenters. The van der Waals surface area contributed by atoms with Crippen LogP contribution < -0.4 is 10.6 Å². The van der Waals surface area contributed by atoms with E-state index in [9.17, 15) is 29.7 Å². The summed E-state index contributed by atoms with van der Waals surface area (Å²) < 4.78 is 5.38. The number of ketones is 2. The van der Waals surface area contributed by atoms with Crippen LogP contribution in [0, 0.1) is 11.8 Å². The lowest BCUT2D eigenvalue weighted by Gasteiger charge is -2.51. The molecule has 3 aliphatic carbocycles. The highest BCUT2D eigenvalue weighted by molar-refractivity contribution is 7.22. The first-order valence-electron chi connectivity index (χ1n) is 12.0. The van der Waals surface area contributed by atoms with Gasteiger partial charge < -0.3 is 30.4 Å². The Bertz CT molecular complexity index is 1460. The minimum atomic E-state index is -1.77. The van der Waals surface area contributed by atoms with Gasteiger partial charge in [-0.1, -0.05) is 0 Å². The standard InChI is InChI=1S/C26H29N4O7P/c1-29(2)14-9-12(25-28-5-6-37-25)19(31)16-11(14)7-10-8-13-18(30(3)4)21(33)17(24(27)36)23(35)26(13,38)22(34)15(10)20(16)32/h5-6,9-10,13,18,31,33-34H,7-8,38H2,1-4H3,(H2,27,36)/t10-,13-,18-,26-/m0/s1. The van der Waals surface area contributed by atoms with Gasteiger partial charge in [0.2, 0.25) is 5.89 Å². The quantitative estimate of drug-likeness (QED) is 0.331. The van der Waals surface area contributed by atoms with Gasteiger partial charge in [-0.2, -0.15) is 0 Å². The van der Waals surface area contributed by atoms with Gasteiger partial charge in [-0.25, -0.2) is 4.98 Å². The second-order valence-corrected chi connectivity index (χ2v) is 11.4. The lowest BCUT2D eigenvalue weighted by molar-refractivity contribution is -0.125. The Morgan fingerprint density at radius 1 is 1.21 bits per heavy atom. The fourth-order valence-corrected chi connectivity index (χ4v) is 6.91. The molecule has 38 heavy (non-hydrogen) atoms. The van der Waals surface area contributed by atoms with Crippen molar-refractivity contribution in [3.63, 3.8) is 0 Å². The number of primary amides is 1. The number of oxazole rings is 1. The topological polar surface area (TPSA) is 170 Å². The third-order valence-electron chi connectivity index (χ3n) is 7.95. The molecule has 0 spiro atoms. The van der Waals surface area contributed by atoms with Gasteiger partial charge in [-0.15, -0.1) is 9.24 Å². The van der Waals surface area contributed by atoms with Crippen LogP contribution in [-0.4, -0.2) is 82.1 Å². The maximum absolute atomic E-state index is 14.1. The minimum Gasteiger partial charge on any atom is -0.510 e. The van der Waals surface area contributed by atoms with Crippen LogP contribution in [0.4, 0.5) is 5.69 Å². The van der Waals surface area contributed by atoms with E-state index in [2.05, 4.69) is 14.2 Å². The molecule has 0 aliphatic heterocycles. The number of allylic oxidation sites excluding steroid dienone is 2. The van der Waals surface area contributed by atoms with Crippen LogP contribution in [0.15, 0.2) is 45.6 Å². The van der Waals surface area contributed by atoms with Crippen LogP contribution in [-0.2, 0) is 16.0 Å². The molecule has 0 radical (unpaired) electrons. The van der Waals surface area contributed by atoms with Gasteiger partial charge in [0.05, 0.1) is 23.4 Å². The number of rotatable bonds is 4. The summed E-state index contributed by atoms with van der Waals surface area (Å²) in [5.41, 5.74) is 6.32. The summed E-state index contributed by atoms with van der Waals surface area (Å²) in [6.07, 6.45) is 3.30. The van der Waals surface area contributed by atoms with Crippen LogP contribution in [0.25, 0.3) is 11.5 Å². The number of anilines is 1. The van der Waals surface area contributed by atoms with Crippen LogP contribution in [0.1, 0.15) is 22.3 Å². The first kappa shape index (κ1) is 25.9. The molecule has 1 aromatic heterocycles. The molecule has 5 rings (SSSR count). The third kappa shape index (κ3) is 3.34. The number of aromatic nitrogens is 1. The van der Waals surface area contributed by atoms with Crippen molar-refractivity contribution in [1.82, 2.24) is 9.88 Å². The summed E-state index contributed by atoms with van der Waals surface area (Å²) in [6, 6.07) is 0.882. The molecule has 1 aromatic carbocycles. The maximum Gasteiger partial charge on any atom is 0.255 e. The molecule has 2 aromatic rings. The van der Waals surface area contributed by atoms with Crippen molar-refractivity contribution in [2.45, 2.75) is 24.0 Å². The fourth-order valence-electron chi connectivity index (χ4n) is 6.29. The molecule has 1 unspecified atom stereocenters. The lowest BCUT2D eigenvalue weighted by atomic mass is 9.60. The monoisotopic (exact) mass is 540 g/mol. The number of amides is 1. The van der Waals surface area contributed by atoms with E-state index < -0.39 is 57.6 Å². The van der Waals surface area contributed by atoms with Crippen molar-refractivity contribution >= 4 is 32.4 Å².